The molecule has 2 aliphatic rings. The maximum Gasteiger partial charge on any atom is 0.262 e. The van der Waals surface area contributed by atoms with Crippen molar-refractivity contribution in [3.8, 4) is 11.1 Å². The fraction of sp³-hybridized carbons (Fsp3) is 0.310. The molecule has 2 heterocycles. The van der Waals surface area contributed by atoms with Crippen molar-refractivity contribution in [2.45, 2.75) is 42.7 Å². The molecule has 0 amide bonds. The molecule has 8 nitrogen and oxygen atoms in total. The van der Waals surface area contributed by atoms with Crippen molar-refractivity contribution >= 4 is 44.2 Å². The van der Waals surface area contributed by atoms with Gasteiger partial charge in [-0.3, -0.25) is 4.72 Å². The number of aliphatic hydroxyl groups is 1. The minimum absolute atomic E-state index is 0.133. The van der Waals surface area contributed by atoms with Crippen LogP contribution in [0, 0.1) is 11.6 Å². The number of likely N-dealkylation sites (tertiary alicyclic amines) is 1. The Balaban J connectivity index is 1.29. The van der Waals surface area contributed by atoms with Gasteiger partial charge in [0.1, 0.15) is 5.82 Å². The van der Waals surface area contributed by atoms with E-state index in [1.807, 2.05) is 0 Å². The number of benzene rings is 3. The van der Waals surface area contributed by atoms with E-state index in [4.69, 9.17) is 11.6 Å². The zero-order valence-electron chi connectivity index (χ0n) is 22.2. The number of nitrogens with one attached hydrogen (secondary N) is 2. The van der Waals surface area contributed by atoms with Crippen LogP contribution in [0.5, 0.6) is 0 Å². The number of anilines is 2. The molecule has 0 saturated carbocycles. The van der Waals surface area contributed by atoms with Crippen molar-refractivity contribution < 1.29 is 22.3 Å². The van der Waals surface area contributed by atoms with Crippen molar-refractivity contribution in [3.63, 3.8) is 0 Å². The first-order valence-electron chi connectivity index (χ1n) is 13.3. The summed E-state index contributed by atoms with van der Waals surface area (Å²) in [5.41, 5.74) is 0.876. The summed E-state index contributed by atoms with van der Waals surface area (Å²) in [6, 6.07) is 9.88. The van der Waals surface area contributed by atoms with Gasteiger partial charge in [0.15, 0.2) is 5.82 Å². The van der Waals surface area contributed by atoms with Gasteiger partial charge in [0.05, 0.1) is 27.8 Å². The molecule has 3 N–H and O–H groups in total. The molecule has 1 fully saturated rings. The van der Waals surface area contributed by atoms with Crippen molar-refractivity contribution in [1.29, 1.82) is 0 Å². The molecular formula is C29H28ClF2N5O3S. The number of halogens is 3. The molecule has 1 atom stereocenters. The van der Waals surface area contributed by atoms with Gasteiger partial charge in [-0.25, -0.2) is 27.2 Å². The Morgan fingerprint density at radius 3 is 2.63 bits per heavy atom. The average Bonchev–Trinajstić information content (AvgIpc) is 3.31. The number of nitrogens with zero attached hydrogens (tertiary/aromatic N) is 3. The standard InChI is InChI=1S/C29H28ClF2N5O3S/c1-37-10-8-19(9-11-37)34-29-33-15-17-12-16(2-5-23(17)35-29)27-22(31)4-6-24(28(27)32)36-41(39,40)26-14-18(30)13-21-20(26)3-7-25(21)38/h2,4-6,12-15,19,25,36,38H,3,7-11H2,1H3,(H,33,34,35). The lowest BCUT2D eigenvalue weighted by Gasteiger charge is -2.29. The Bertz CT molecular complexity index is 1760. The minimum Gasteiger partial charge on any atom is -0.388 e. The van der Waals surface area contributed by atoms with Gasteiger partial charge in [-0.15, -0.1) is 0 Å². The smallest absolute Gasteiger partial charge is 0.262 e. The summed E-state index contributed by atoms with van der Waals surface area (Å²) >= 11 is 6.13. The summed E-state index contributed by atoms with van der Waals surface area (Å²) in [6.07, 6.45) is 3.42. The first-order valence-corrected chi connectivity index (χ1v) is 15.2. The maximum atomic E-state index is 15.8. The Morgan fingerprint density at radius 1 is 1.07 bits per heavy atom. The molecule has 1 unspecified atom stereocenters. The fourth-order valence-electron chi connectivity index (χ4n) is 5.56. The van der Waals surface area contributed by atoms with Crippen LogP contribution in [0.4, 0.5) is 20.4 Å². The number of piperidine rings is 1. The highest BCUT2D eigenvalue weighted by atomic mass is 35.5. The molecule has 0 spiro atoms. The second-order valence-corrected chi connectivity index (χ2v) is 12.7. The molecule has 12 heteroatoms. The number of aliphatic hydroxyl groups excluding tert-OH is 1. The zero-order chi connectivity index (χ0) is 28.9. The summed E-state index contributed by atoms with van der Waals surface area (Å²) in [7, 11) is -2.22. The molecule has 3 aromatic carbocycles. The molecule has 0 bridgehead atoms. The molecule has 1 aliphatic heterocycles. The molecule has 1 aromatic heterocycles. The third-order valence-electron chi connectivity index (χ3n) is 7.78. The quantitative estimate of drug-likeness (QED) is 0.268. The molecule has 4 aromatic rings. The fourth-order valence-corrected chi connectivity index (χ4v) is 7.24. The Morgan fingerprint density at radius 2 is 1.85 bits per heavy atom. The molecule has 0 radical (unpaired) electrons. The van der Waals surface area contributed by atoms with Crippen LogP contribution in [-0.2, 0) is 16.4 Å². The van der Waals surface area contributed by atoms with E-state index in [1.165, 1.54) is 12.1 Å². The second kappa shape index (κ2) is 10.8. The molecule has 41 heavy (non-hydrogen) atoms. The monoisotopic (exact) mass is 599 g/mol. The van der Waals surface area contributed by atoms with Gasteiger partial charge in [0, 0.05) is 22.6 Å². The Hall–Kier alpha value is -3.38. The van der Waals surface area contributed by atoms with Crippen LogP contribution in [-0.4, -0.2) is 54.6 Å². The Labute approximate surface area is 241 Å². The molecule has 1 saturated heterocycles. The summed E-state index contributed by atoms with van der Waals surface area (Å²) in [4.78, 5) is 11.1. The highest BCUT2D eigenvalue weighted by Gasteiger charge is 2.30. The third kappa shape index (κ3) is 5.46. The van der Waals surface area contributed by atoms with Crippen molar-refractivity contribution in [3.05, 3.63) is 76.4 Å². The summed E-state index contributed by atoms with van der Waals surface area (Å²) in [5, 5.41) is 14.3. The molecule has 1 aliphatic carbocycles. The van der Waals surface area contributed by atoms with Gasteiger partial charge in [-0.2, -0.15) is 0 Å². The van der Waals surface area contributed by atoms with E-state index in [-0.39, 0.29) is 27.1 Å². The predicted molar refractivity (Wildman–Crippen MR) is 155 cm³/mol. The SMILES string of the molecule is CN1CCC(Nc2ncc3cc(-c4c(F)ccc(NS(=O)(=O)c5cc(Cl)cc6c5CCC6O)c4F)ccc3n2)CC1. The van der Waals surface area contributed by atoms with Gasteiger partial charge in [0.2, 0.25) is 5.95 Å². The van der Waals surface area contributed by atoms with E-state index in [1.54, 1.807) is 24.4 Å². The number of hydrogen-bond acceptors (Lipinski definition) is 7. The van der Waals surface area contributed by atoms with E-state index >= 15 is 4.39 Å². The highest BCUT2D eigenvalue weighted by molar-refractivity contribution is 7.92. The van der Waals surface area contributed by atoms with E-state index in [9.17, 15) is 17.9 Å². The van der Waals surface area contributed by atoms with Crippen LogP contribution in [0.3, 0.4) is 0 Å². The third-order valence-corrected chi connectivity index (χ3v) is 9.43. The summed E-state index contributed by atoms with van der Waals surface area (Å²) < 4.78 is 59.7. The highest BCUT2D eigenvalue weighted by Crippen LogP contribution is 2.39. The summed E-state index contributed by atoms with van der Waals surface area (Å²) in [5.74, 6) is -1.42. The van der Waals surface area contributed by atoms with Gasteiger partial charge < -0.3 is 15.3 Å². The molecular weight excluding hydrogens is 572 g/mol. The zero-order valence-corrected chi connectivity index (χ0v) is 23.7. The molecule has 6 rings (SSSR count). The van der Waals surface area contributed by atoms with Crippen LogP contribution in [0.2, 0.25) is 5.02 Å². The first kappa shape index (κ1) is 27.8. The second-order valence-electron chi connectivity index (χ2n) is 10.6. The van der Waals surface area contributed by atoms with Gasteiger partial charge in [-0.1, -0.05) is 17.7 Å². The van der Waals surface area contributed by atoms with E-state index in [2.05, 4.69) is 32.0 Å². The van der Waals surface area contributed by atoms with Crippen molar-refractivity contribution in [1.82, 2.24) is 14.9 Å². The van der Waals surface area contributed by atoms with Crippen LogP contribution in [0.15, 0.2) is 53.6 Å². The molecule has 214 valence electrons. The lowest BCUT2D eigenvalue weighted by Crippen LogP contribution is -2.37. The Kier molecular flexibility index (Phi) is 7.31. The van der Waals surface area contributed by atoms with Gasteiger partial charge in [-0.05, 0) is 98.9 Å². The number of aromatic nitrogens is 2. The minimum atomic E-state index is -4.31. The van der Waals surface area contributed by atoms with E-state index in [0.717, 1.165) is 38.1 Å². The maximum absolute atomic E-state index is 15.8. The van der Waals surface area contributed by atoms with E-state index < -0.39 is 33.4 Å². The number of sulfonamides is 1. The van der Waals surface area contributed by atoms with Crippen LogP contribution < -0.4 is 10.0 Å². The van der Waals surface area contributed by atoms with Crippen molar-refractivity contribution in [2.75, 3.05) is 30.2 Å². The first-order chi connectivity index (χ1) is 19.6. The van der Waals surface area contributed by atoms with E-state index in [0.29, 0.717) is 40.8 Å². The van der Waals surface area contributed by atoms with Crippen LogP contribution >= 0.6 is 11.6 Å². The number of fused-ring (bicyclic) bond motifs is 2. The number of rotatable bonds is 6. The van der Waals surface area contributed by atoms with Crippen molar-refractivity contribution in [2.24, 2.45) is 0 Å². The predicted octanol–water partition coefficient (Wildman–Crippen LogP) is 5.51. The van der Waals surface area contributed by atoms with Crippen LogP contribution in [0.1, 0.15) is 36.5 Å². The van der Waals surface area contributed by atoms with Gasteiger partial charge >= 0.3 is 0 Å². The van der Waals surface area contributed by atoms with Gasteiger partial charge in [0.25, 0.3) is 10.0 Å². The van der Waals surface area contributed by atoms with Crippen LogP contribution in [0.25, 0.3) is 22.0 Å². The summed E-state index contributed by atoms with van der Waals surface area (Å²) in [6.45, 7) is 1.98. The topological polar surface area (TPSA) is 107 Å². The normalized spacial score (nSPS) is 18.0. The lowest BCUT2D eigenvalue weighted by molar-refractivity contribution is 0.180. The average molecular weight is 600 g/mol. The lowest BCUT2D eigenvalue weighted by atomic mass is 10.0. The number of hydrogen-bond donors (Lipinski definition) is 3. The largest absolute Gasteiger partial charge is 0.388 e.